The predicted octanol–water partition coefficient (Wildman–Crippen LogP) is 3.57. The zero-order valence-corrected chi connectivity index (χ0v) is 16.8. The molecule has 1 saturated heterocycles. The third-order valence-electron chi connectivity index (χ3n) is 4.75. The fraction of sp³-hybridized carbons (Fsp3) is 0.250. The second kappa shape index (κ2) is 7.58. The minimum atomic E-state index is -3.79. The van der Waals surface area contributed by atoms with Gasteiger partial charge in [0.1, 0.15) is 10.6 Å². The Morgan fingerprint density at radius 1 is 1.11 bits per heavy atom. The monoisotopic (exact) mass is 418 g/mol. The zero-order valence-electron chi connectivity index (χ0n) is 15.3. The number of morpholine rings is 1. The van der Waals surface area contributed by atoms with E-state index in [4.69, 9.17) is 21.1 Å². The lowest BCUT2D eigenvalue weighted by molar-refractivity contribution is 0.122. The van der Waals surface area contributed by atoms with Crippen LogP contribution in [0.3, 0.4) is 0 Å². The van der Waals surface area contributed by atoms with Gasteiger partial charge in [-0.2, -0.15) is 0 Å². The second-order valence-corrected chi connectivity index (χ2v) is 8.77. The molecule has 2 aromatic carbocycles. The van der Waals surface area contributed by atoms with Gasteiger partial charge < -0.3 is 14.4 Å². The van der Waals surface area contributed by atoms with Crippen molar-refractivity contribution >= 4 is 38.0 Å². The molecule has 0 bridgehead atoms. The standard InChI is InChI=1S/C20H19ClN2O4S/c1-26-15-3-5-16(6-4-15)28(24,25)19-13-22-18-7-2-14(21)12-17(18)20(19)23-8-10-27-11-9-23/h2-7,12-13H,8-11H2,1H3. The molecule has 0 spiro atoms. The first-order valence-electron chi connectivity index (χ1n) is 8.81. The van der Waals surface area contributed by atoms with Crippen LogP contribution in [-0.2, 0) is 14.6 Å². The molecule has 0 N–H and O–H groups in total. The number of hydrogen-bond acceptors (Lipinski definition) is 6. The molecule has 6 nitrogen and oxygen atoms in total. The van der Waals surface area contributed by atoms with Crippen molar-refractivity contribution in [3.8, 4) is 5.75 Å². The Bertz CT molecular complexity index is 1110. The van der Waals surface area contributed by atoms with Crippen LogP contribution in [0.25, 0.3) is 10.9 Å². The number of halogens is 1. The lowest BCUT2D eigenvalue weighted by atomic mass is 10.1. The van der Waals surface area contributed by atoms with Crippen molar-refractivity contribution in [2.75, 3.05) is 38.3 Å². The Labute approximate surface area is 168 Å². The first kappa shape index (κ1) is 19.0. The highest BCUT2D eigenvalue weighted by molar-refractivity contribution is 7.91. The van der Waals surface area contributed by atoms with Crippen LogP contribution in [0, 0.1) is 0 Å². The first-order valence-corrected chi connectivity index (χ1v) is 10.7. The molecule has 0 atom stereocenters. The van der Waals surface area contributed by atoms with Gasteiger partial charge >= 0.3 is 0 Å². The van der Waals surface area contributed by atoms with Gasteiger partial charge in [-0.3, -0.25) is 4.98 Å². The summed E-state index contributed by atoms with van der Waals surface area (Å²) >= 11 is 6.21. The molecule has 1 aliphatic heterocycles. The summed E-state index contributed by atoms with van der Waals surface area (Å²) in [5.74, 6) is 0.593. The van der Waals surface area contributed by atoms with Gasteiger partial charge in [0.15, 0.2) is 0 Å². The molecule has 146 valence electrons. The van der Waals surface area contributed by atoms with E-state index in [2.05, 4.69) is 4.98 Å². The highest BCUT2D eigenvalue weighted by atomic mass is 35.5. The van der Waals surface area contributed by atoms with Crippen molar-refractivity contribution in [1.29, 1.82) is 0 Å². The summed E-state index contributed by atoms with van der Waals surface area (Å²) in [7, 11) is -2.25. The van der Waals surface area contributed by atoms with E-state index in [1.54, 1.807) is 42.5 Å². The fourth-order valence-electron chi connectivity index (χ4n) is 3.32. The van der Waals surface area contributed by atoms with Gasteiger partial charge in [0.05, 0.1) is 36.4 Å². The van der Waals surface area contributed by atoms with E-state index in [1.807, 2.05) is 4.90 Å². The maximum Gasteiger partial charge on any atom is 0.210 e. The molecule has 2 heterocycles. The number of benzene rings is 2. The molecule has 1 fully saturated rings. The van der Waals surface area contributed by atoms with E-state index in [0.29, 0.717) is 53.7 Å². The molecule has 3 aromatic rings. The van der Waals surface area contributed by atoms with Crippen molar-refractivity contribution in [3.05, 3.63) is 53.7 Å². The molecule has 4 rings (SSSR count). The minimum absolute atomic E-state index is 0.161. The van der Waals surface area contributed by atoms with Gasteiger partial charge in [0.2, 0.25) is 9.84 Å². The molecule has 0 unspecified atom stereocenters. The van der Waals surface area contributed by atoms with Crippen molar-refractivity contribution in [2.45, 2.75) is 9.79 Å². The number of rotatable bonds is 4. The van der Waals surface area contributed by atoms with E-state index in [1.165, 1.54) is 13.3 Å². The Hall–Kier alpha value is -2.35. The van der Waals surface area contributed by atoms with Gasteiger partial charge in [-0.15, -0.1) is 0 Å². The molecule has 0 saturated carbocycles. The summed E-state index contributed by atoms with van der Waals surface area (Å²) in [4.78, 5) is 6.76. The Morgan fingerprint density at radius 2 is 1.82 bits per heavy atom. The SMILES string of the molecule is COc1ccc(S(=O)(=O)c2cnc3ccc(Cl)cc3c2N2CCOCC2)cc1. The molecule has 8 heteroatoms. The van der Waals surface area contributed by atoms with Gasteiger partial charge in [0.25, 0.3) is 0 Å². The summed E-state index contributed by atoms with van der Waals surface area (Å²) in [6, 6.07) is 11.7. The highest BCUT2D eigenvalue weighted by Gasteiger charge is 2.28. The van der Waals surface area contributed by atoms with Crippen molar-refractivity contribution < 1.29 is 17.9 Å². The number of anilines is 1. The number of ether oxygens (including phenoxy) is 2. The molecule has 1 aromatic heterocycles. The van der Waals surface area contributed by atoms with Crippen LogP contribution >= 0.6 is 11.6 Å². The summed E-state index contributed by atoms with van der Waals surface area (Å²) in [6.07, 6.45) is 1.43. The van der Waals surface area contributed by atoms with Gasteiger partial charge in [-0.25, -0.2) is 8.42 Å². The van der Waals surface area contributed by atoms with Crippen LogP contribution in [-0.4, -0.2) is 46.8 Å². The summed E-state index contributed by atoms with van der Waals surface area (Å²) in [5, 5.41) is 1.24. The largest absolute Gasteiger partial charge is 0.497 e. The van der Waals surface area contributed by atoms with Crippen LogP contribution in [0.2, 0.25) is 5.02 Å². The van der Waals surface area contributed by atoms with Crippen LogP contribution in [0.4, 0.5) is 5.69 Å². The van der Waals surface area contributed by atoms with E-state index in [0.717, 1.165) is 0 Å². The maximum absolute atomic E-state index is 13.5. The van der Waals surface area contributed by atoms with Gasteiger partial charge in [0, 0.05) is 29.7 Å². The number of sulfone groups is 1. The zero-order chi connectivity index (χ0) is 19.7. The lowest BCUT2D eigenvalue weighted by Gasteiger charge is -2.31. The van der Waals surface area contributed by atoms with Crippen molar-refractivity contribution in [1.82, 2.24) is 4.98 Å². The smallest absolute Gasteiger partial charge is 0.210 e. The average molecular weight is 419 g/mol. The van der Waals surface area contributed by atoms with Crippen LogP contribution in [0.5, 0.6) is 5.75 Å². The fourth-order valence-corrected chi connectivity index (χ4v) is 4.93. The van der Waals surface area contributed by atoms with Gasteiger partial charge in [-0.05, 0) is 42.5 Å². The molecular formula is C20H19ClN2O4S. The number of nitrogens with zero attached hydrogens (tertiary/aromatic N) is 2. The van der Waals surface area contributed by atoms with Gasteiger partial charge in [-0.1, -0.05) is 11.6 Å². The Morgan fingerprint density at radius 3 is 2.50 bits per heavy atom. The molecule has 0 amide bonds. The normalized spacial score (nSPS) is 15.0. The van der Waals surface area contributed by atoms with Crippen LogP contribution < -0.4 is 9.64 Å². The maximum atomic E-state index is 13.5. The van der Waals surface area contributed by atoms with Crippen molar-refractivity contribution in [3.63, 3.8) is 0 Å². The molecule has 28 heavy (non-hydrogen) atoms. The number of fused-ring (bicyclic) bond motifs is 1. The summed E-state index contributed by atoms with van der Waals surface area (Å²) in [6.45, 7) is 2.26. The Balaban J connectivity index is 1.94. The average Bonchev–Trinajstić information content (AvgIpc) is 2.73. The van der Waals surface area contributed by atoms with E-state index < -0.39 is 9.84 Å². The minimum Gasteiger partial charge on any atom is -0.497 e. The lowest BCUT2D eigenvalue weighted by Crippen LogP contribution is -2.37. The third kappa shape index (κ3) is 3.41. The topological polar surface area (TPSA) is 68.7 Å². The van der Waals surface area contributed by atoms with Crippen LogP contribution in [0.1, 0.15) is 0 Å². The molecule has 1 aliphatic rings. The van der Waals surface area contributed by atoms with E-state index >= 15 is 0 Å². The number of methoxy groups -OCH3 is 1. The van der Waals surface area contributed by atoms with Crippen molar-refractivity contribution in [2.24, 2.45) is 0 Å². The van der Waals surface area contributed by atoms with E-state index in [9.17, 15) is 8.42 Å². The summed E-state index contributed by atoms with van der Waals surface area (Å²) in [5.41, 5.74) is 1.31. The van der Waals surface area contributed by atoms with Crippen LogP contribution in [0.15, 0.2) is 58.5 Å². The summed E-state index contributed by atoms with van der Waals surface area (Å²) < 4.78 is 37.5. The molecule has 0 aliphatic carbocycles. The quantitative estimate of drug-likeness (QED) is 0.645. The number of hydrogen-bond donors (Lipinski definition) is 0. The highest BCUT2D eigenvalue weighted by Crippen LogP contribution is 2.37. The second-order valence-electron chi connectivity index (χ2n) is 6.41. The Kier molecular flexibility index (Phi) is 5.14. The number of aromatic nitrogens is 1. The predicted molar refractivity (Wildman–Crippen MR) is 108 cm³/mol. The van der Waals surface area contributed by atoms with E-state index in [-0.39, 0.29) is 9.79 Å². The third-order valence-corrected chi connectivity index (χ3v) is 6.76. The molecular weight excluding hydrogens is 400 g/mol. The number of pyridine rings is 1. The first-order chi connectivity index (χ1) is 13.5. The molecule has 0 radical (unpaired) electrons.